The van der Waals surface area contributed by atoms with Crippen molar-refractivity contribution in [2.24, 2.45) is 0 Å². The van der Waals surface area contributed by atoms with Crippen LogP contribution in [0.15, 0.2) is 47.4 Å². The van der Waals surface area contributed by atoms with Gasteiger partial charge < -0.3 is 4.90 Å². The predicted octanol–water partition coefficient (Wildman–Crippen LogP) is 3.11. The number of nitrogens with zero attached hydrogens (tertiary/aromatic N) is 2. The van der Waals surface area contributed by atoms with Crippen LogP contribution < -0.4 is 9.21 Å². The number of rotatable bonds is 4. The zero-order valence-electron chi connectivity index (χ0n) is 14.6. The summed E-state index contributed by atoms with van der Waals surface area (Å²) in [6.07, 6.45) is 0. The maximum Gasteiger partial charge on any atom is 0.264 e. The lowest BCUT2D eigenvalue weighted by Gasteiger charge is -2.21. The number of anilines is 2. The predicted molar refractivity (Wildman–Crippen MR) is 97.0 cm³/mol. The zero-order valence-corrected chi connectivity index (χ0v) is 15.4. The first kappa shape index (κ1) is 18.0. The summed E-state index contributed by atoms with van der Waals surface area (Å²) >= 11 is 0. The first-order chi connectivity index (χ1) is 11.1. The van der Waals surface area contributed by atoms with Gasteiger partial charge in [0.25, 0.3) is 10.0 Å². The van der Waals surface area contributed by atoms with E-state index in [1.54, 1.807) is 49.5 Å². The highest BCUT2D eigenvalue weighted by atomic mass is 32.2. The van der Waals surface area contributed by atoms with Crippen molar-refractivity contribution in [3.05, 3.63) is 53.6 Å². The van der Waals surface area contributed by atoms with E-state index in [0.717, 1.165) is 11.1 Å². The molecular weight excluding hydrogens is 324 g/mol. The second kappa shape index (κ2) is 6.65. The standard InChI is InChI=1S/C18H22N2O3S/c1-13-6-11-18(12-14(13)2)24(22,23)20(5)17-9-7-16(8-10-17)19(4)15(3)21/h6-12H,1-5H3. The Morgan fingerprint density at radius 1 is 0.875 bits per heavy atom. The highest BCUT2D eigenvalue weighted by Crippen LogP contribution is 2.25. The lowest BCUT2D eigenvalue weighted by Crippen LogP contribution is -2.27. The molecule has 0 atom stereocenters. The van der Waals surface area contributed by atoms with E-state index in [1.165, 1.54) is 23.2 Å². The molecule has 5 nitrogen and oxygen atoms in total. The van der Waals surface area contributed by atoms with Crippen molar-refractivity contribution in [1.82, 2.24) is 0 Å². The van der Waals surface area contributed by atoms with Gasteiger partial charge in [0.2, 0.25) is 5.91 Å². The summed E-state index contributed by atoms with van der Waals surface area (Å²) in [7, 11) is -0.432. The zero-order chi connectivity index (χ0) is 18.1. The largest absolute Gasteiger partial charge is 0.316 e. The van der Waals surface area contributed by atoms with E-state index in [9.17, 15) is 13.2 Å². The number of hydrogen-bond donors (Lipinski definition) is 0. The second-order valence-corrected chi connectivity index (χ2v) is 7.78. The average molecular weight is 346 g/mol. The molecule has 2 aromatic carbocycles. The van der Waals surface area contributed by atoms with Gasteiger partial charge in [0.15, 0.2) is 0 Å². The van der Waals surface area contributed by atoms with Gasteiger partial charge in [-0.15, -0.1) is 0 Å². The van der Waals surface area contributed by atoms with Gasteiger partial charge in [-0.05, 0) is 61.4 Å². The third-order valence-electron chi connectivity index (χ3n) is 4.21. The van der Waals surface area contributed by atoms with Gasteiger partial charge in [-0.25, -0.2) is 8.42 Å². The van der Waals surface area contributed by atoms with Crippen molar-refractivity contribution in [3.8, 4) is 0 Å². The van der Waals surface area contributed by atoms with E-state index in [2.05, 4.69) is 0 Å². The van der Waals surface area contributed by atoms with Gasteiger partial charge >= 0.3 is 0 Å². The van der Waals surface area contributed by atoms with Crippen LogP contribution in [0, 0.1) is 13.8 Å². The number of amides is 1. The summed E-state index contributed by atoms with van der Waals surface area (Å²) in [5.41, 5.74) is 3.23. The van der Waals surface area contributed by atoms with Crippen LogP contribution in [-0.4, -0.2) is 28.4 Å². The summed E-state index contributed by atoms with van der Waals surface area (Å²) in [4.78, 5) is 13.1. The van der Waals surface area contributed by atoms with Crippen molar-refractivity contribution in [2.45, 2.75) is 25.7 Å². The quantitative estimate of drug-likeness (QED) is 0.855. The van der Waals surface area contributed by atoms with Crippen LogP contribution in [0.2, 0.25) is 0 Å². The lowest BCUT2D eigenvalue weighted by atomic mass is 10.1. The van der Waals surface area contributed by atoms with Crippen LogP contribution in [0.3, 0.4) is 0 Å². The molecule has 2 rings (SSSR count). The molecular formula is C18H22N2O3S. The molecule has 0 unspecified atom stereocenters. The monoisotopic (exact) mass is 346 g/mol. The smallest absolute Gasteiger partial charge is 0.264 e. The minimum Gasteiger partial charge on any atom is -0.316 e. The Kier molecular flexibility index (Phi) is 4.99. The van der Waals surface area contributed by atoms with E-state index in [1.807, 2.05) is 13.8 Å². The van der Waals surface area contributed by atoms with E-state index in [0.29, 0.717) is 11.4 Å². The first-order valence-electron chi connectivity index (χ1n) is 7.55. The number of benzene rings is 2. The summed E-state index contributed by atoms with van der Waals surface area (Å²) < 4.78 is 26.8. The Labute approximate surface area is 143 Å². The molecule has 0 aliphatic carbocycles. The molecule has 0 saturated heterocycles. The topological polar surface area (TPSA) is 57.7 Å². The van der Waals surface area contributed by atoms with Crippen molar-refractivity contribution in [1.29, 1.82) is 0 Å². The van der Waals surface area contributed by atoms with Crippen LogP contribution in [0.25, 0.3) is 0 Å². The maximum atomic E-state index is 12.8. The van der Waals surface area contributed by atoms with Crippen molar-refractivity contribution >= 4 is 27.3 Å². The Balaban J connectivity index is 2.34. The lowest BCUT2D eigenvalue weighted by molar-refractivity contribution is -0.116. The van der Waals surface area contributed by atoms with Crippen LogP contribution in [0.1, 0.15) is 18.1 Å². The second-order valence-electron chi connectivity index (χ2n) is 5.81. The molecule has 0 saturated carbocycles. The number of aryl methyl sites for hydroxylation is 2. The summed E-state index contributed by atoms with van der Waals surface area (Å²) in [6.45, 7) is 5.31. The molecule has 0 N–H and O–H groups in total. The van der Waals surface area contributed by atoms with E-state index >= 15 is 0 Å². The van der Waals surface area contributed by atoms with Gasteiger partial charge in [0, 0.05) is 26.7 Å². The van der Waals surface area contributed by atoms with E-state index < -0.39 is 10.0 Å². The average Bonchev–Trinajstić information content (AvgIpc) is 2.55. The number of carbonyl (C=O) groups is 1. The van der Waals surface area contributed by atoms with Gasteiger partial charge in [-0.1, -0.05) is 6.07 Å². The molecule has 0 radical (unpaired) electrons. The number of sulfonamides is 1. The third kappa shape index (κ3) is 3.43. The maximum absolute atomic E-state index is 12.8. The van der Waals surface area contributed by atoms with Gasteiger partial charge in [-0.3, -0.25) is 9.10 Å². The van der Waals surface area contributed by atoms with E-state index in [4.69, 9.17) is 0 Å². The number of carbonyl (C=O) groups excluding carboxylic acids is 1. The number of hydrogen-bond acceptors (Lipinski definition) is 3. The van der Waals surface area contributed by atoms with Crippen LogP contribution >= 0.6 is 0 Å². The van der Waals surface area contributed by atoms with Gasteiger partial charge in [-0.2, -0.15) is 0 Å². The van der Waals surface area contributed by atoms with E-state index in [-0.39, 0.29) is 10.8 Å². The van der Waals surface area contributed by atoms with Gasteiger partial charge in [0.05, 0.1) is 10.6 Å². The highest BCUT2D eigenvalue weighted by molar-refractivity contribution is 7.92. The van der Waals surface area contributed by atoms with Crippen LogP contribution in [-0.2, 0) is 14.8 Å². The normalized spacial score (nSPS) is 11.2. The molecule has 0 fully saturated rings. The minimum atomic E-state index is -3.63. The SMILES string of the molecule is CC(=O)N(C)c1ccc(N(C)S(=O)(=O)c2ccc(C)c(C)c2)cc1. The molecule has 1 amide bonds. The molecule has 24 heavy (non-hydrogen) atoms. The molecule has 0 heterocycles. The van der Waals surface area contributed by atoms with Gasteiger partial charge in [0.1, 0.15) is 0 Å². The van der Waals surface area contributed by atoms with Crippen molar-refractivity contribution in [2.75, 3.05) is 23.3 Å². The molecule has 0 aliphatic rings. The highest BCUT2D eigenvalue weighted by Gasteiger charge is 2.21. The molecule has 0 bridgehead atoms. The first-order valence-corrected chi connectivity index (χ1v) is 8.99. The van der Waals surface area contributed by atoms with Crippen molar-refractivity contribution < 1.29 is 13.2 Å². The van der Waals surface area contributed by atoms with Crippen LogP contribution in [0.4, 0.5) is 11.4 Å². The summed E-state index contributed by atoms with van der Waals surface area (Å²) in [5, 5.41) is 0. The Bertz CT molecular complexity index is 858. The molecule has 0 aromatic heterocycles. The fraction of sp³-hybridized carbons (Fsp3) is 0.278. The molecule has 128 valence electrons. The molecule has 0 aliphatic heterocycles. The molecule has 0 spiro atoms. The summed E-state index contributed by atoms with van der Waals surface area (Å²) in [5.74, 6) is -0.0844. The minimum absolute atomic E-state index is 0.0844. The Hall–Kier alpha value is -2.34. The van der Waals surface area contributed by atoms with Crippen LogP contribution in [0.5, 0.6) is 0 Å². The fourth-order valence-corrected chi connectivity index (χ4v) is 3.52. The fourth-order valence-electron chi connectivity index (χ4n) is 2.24. The Morgan fingerprint density at radius 2 is 1.42 bits per heavy atom. The Morgan fingerprint density at radius 3 is 1.92 bits per heavy atom. The summed E-state index contributed by atoms with van der Waals surface area (Å²) in [6, 6.07) is 11.9. The third-order valence-corrected chi connectivity index (χ3v) is 5.99. The van der Waals surface area contributed by atoms with Crippen molar-refractivity contribution in [3.63, 3.8) is 0 Å². The molecule has 2 aromatic rings. The molecule has 6 heteroatoms.